The Morgan fingerprint density at radius 3 is 2.07 bits per heavy atom. The lowest BCUT2D eigenvalue weighted by Gasteiger charge is -2.21. The van der Waals surface area contributed by atoms with Gasteiger partial charge in [0.05, 0.1) is 24.3 Å². The Bertz CT molecular complexity index is 1440. The molecular weight excluding hydrogens is 576 g/mol. The van der Waals surface area contributed by atoms with Gasteiger partial charge in [0, 0.05) is 23.9 Å². The van der Waals surface area contributed by atoms with Gasteiger partial charge in [-0.1, -0.05) is 40.0 Å². The molecule has 0 atom stereocenters. The molecule has 3 rings (SSSR count). The van der Waals surface area contributed by atoms with E-state index in [-0.39, 0.29) is 34.9 Å². The van der Waals surface area contributed by atoms with Crippen LogP contribution in [0, 0.1) is 0 Å². The van der Waals surface area contributed by atoms with Gasteiger partial charge in [0.25, 0.3) is 0 Å². The Hall–Kier alpha value is -4.18. The Morgan fingerprint density at radius 1 is 0.822 bits per heavy atom. The third-order valence-electron chi connectivity index (χ3n) is 7.52. The highest BCUT2D eigenvalue weighted by atomic mass is 16.6. The summed E-state index contributed by atoms with van der Waals surface area (Å²) in [6.45, 7) is 12.0. The third kappa shape index (κ3) is 9.65. The van der Waals surface area contributed by atoms with E-state index < -0.39 is 17.9 Å². The van der Waals surface area contributed by atoms with Crippen molar-refractivity contribution in [3.05, 3.63) is 65.0 Å². The largest absolute Gasteiger partial charge is 0.494 e. The minimum absolute atomic E-state index is 0.0581. The lowest BCUT2D eigenvalue weighted by molar-refractivity contribution is -0.158. The molecule has 2 aromatic heterocycles. The first-order valence-corrected chi connectivity index (χ1v) is 16.0. The molecular formula is C35H46N2O8. The van der Waals surface area contributed by atoms with E-state index in [1.54, 1.807) is 31.2 Å². The number of unbranched alkanes of at least 4 members (excludes halogenated alkanes) is 3. The molecule has 1 N–H and O–H groups in total. The smallest absolute Gasteiger partial charge is 0.422 e. The van der Waals surface area contributed by atoms with Crippen LogP contribution in [-0.2, 0) is 20.7 Å². The summed E-state index contributed by atoms with van der Waals surface area (Å²) in [4.78, 5) is 52.6. The van der Waals surface area contributed by atoms with E-state index in [1.165, 1.54) is 48.4 Å². The summed E-state index contributed by atoms with van der Waals surface area (Å²) in [5.74, 6) is -3.59. The van der Waals surface area contributed by atoms with Gasteiger partial charge < -0.3 is 28.6 Å². The van der Waals surface area contributed by atoms with Gasteiger partial charge in [-0.3, -0.25) is 4.79 Å². The van der Waals surface area contributed by atoms with Gasteiger partial charge in [0.15, 0.2) is 5.75 Å². The van der Waals surface area contributed by atoms with E-state index in [2.05, 4.69) is 18.7 Å². The molecule has 0 saturated carbocycles. The Labute approximate surface area is 265 Å². The predicted molar refractivity (Wildman–Crippen MR) is 171 cm³/mol. The van der Waals surface area contributed by atoms with Crippen LogP contribution in [0.5, 0.6) is 11.5 Å². The van der Waals surface area contributed by atoms with E-state index in [0.717, 1.165) is 32.5 Å². The van der Waals surface area contributed by atoms with Crippen LogP contribution in [0.2, 0.25) is 0 Å². The fraction of sp³-hybridized carbons (Fsp3) is 0.486. The number of rotatable bonds is 19. The first-order valence-electron chi connectivity index (χ1n) is 16.0. The second-order valence-corrected chi connectivity index (χ2v) is 10.9. The molecule has 0 aliphatic carbocycles. The highest BCUT2D eigenvalue weighted by Gasteiger charge is 2.29. The average molecular weight is 623 g/mol. The highest BCUT2D eigenvalue weighted by Crippen LogP contribution is 2.35. The number of carboxylic acid groups (broad SMARTS) is 1. The topological polar surface area (TPSA) is 124 Å². The summed E-state index contributed by atoms with van der Waals surface area (Å²) in [5.41, 5.74) is 1.41. The second kappa shape index (κ2) is 17.9. The van der Waals surface area contributed by atoms with Crippen molar-refractivity contribution in [1.82, 2.24) is 9.30 Å². The van der Waals surface area contributed by atoms with Gasteiger partial charge in [-0.2, -0.15) is 0 Å². The molecule has 0 aliphatic rings. The summed E-state index contributed by atoms with van der Waals surface area (Å²) < 4.78 is 18.0. The number of aromatic nitrogens is 1. The van der Waals surface area contributed by atoms with Crippen LogP contribution in [0.15, 0.2) is 42.6 Å². The summed E-state index contributed by atoms with van der Waals surface area (Å²) in [7, 11) is 0. The quantitative estimate of drug-likeness (QED) is 0.0705. The molecule has 0 amide bonds. The number of hydrogen-bond donors (Lipinski definition) is 1. The van der Waals surface area contributed by atoms with Crippen LogP contribution >= 0.6 is 0 Å². The van der Waals surface area contributed by atoms with Crippen LogP contribution in [0.1, 0.15) is 105 Å². The van der Waals surface area contributed by atoms with Gasteiger partial charge in [0.1, 0.15) is 11.4 Å². The predicted octanol–water partition coefficient (Wildman–Crippen LogP) is 6.35. The fourth-order valence-electron chi connectivity index (χ4n) is 5.12. The maximum atomic E-state index is 14.0. The number of carbonyl (C=O) groups excluding carboxylic acids is 3. The summed E-state index contributed by atoms with van der Waals surface area (Å²) in [6, 6.07) is 9.83. The van der Waals surface area contributed by atoms with Crippen LogP contribution < -0.4 is 9.47 Å². The van der Waals surface area contributed by atoms with E-state index in [4.69, 9.17) is 14.2 Å². The lowest BCUT2D eigenvalue weighted by Crippen LogP contribution is -2.28. The molecule has 244 valence electrons. The number of nitrogens with zero attached hydrogens (tertiary/aromatic N) is 2. The molecule has 1 aromatic carbocycles. The Balaban J connectivity index is 1.88. The van der Waals surface area contributed by atoms with E-state index >= 15 is 0 Å². The number of carbonyl (C=O) groups is 4. The van der Waals surface area contributed by atoms with Gasteiger partial charge >= 0.3 is 17.9 Å². The number of benzene rings is 1. The second-order valence-electron chi connectivity index (χ2n) is 10.9. The number of carboxylic acids is 1. The summed E-state index contributed by atoms with van der Waals surface area (Å²) in [5, 5.41) is 9.25. The maximum absolute atomic E-state index is 14.0. The number of hydrogen-bond acceptors (Lipinski definition) is 8. The van der Waals surface area contributed by atoms with Crippen molar-refractivity contribution in [3.63, 3.8) is 0 Å². The van der Waals surface area contributed by atoms with E-state index in [1.807, 2.05) is 6.92 Å². The maximum Gasteiger partial charge on any atom is 0.422 e. The Kier molecular flexibility index (Phi) is 14.1. The molecule has 2 heterocycles. The molecule has 10 nitrogen and oxygen atoms in total. The van der Waals surface area contributed by atoms with Crippen molar-refractivity contribution in [2.45, 2.75) is 79.1 Å². The standard InChI is InChI=1S/C35H46N2O8/c1-5-9-13-28-30(37-22-18-26(34(41)43-8-4)24-29(37)32(28)45-35(42)33(39)40)31(38)25-14-16-27(17-15-25)44-23-12-21-36(19-10-6-2)20-11-7-3/h14-18,22,24H,5-13,19-21,23H2,1-4H3,(H,39,40). The molecule has 0 unspecified atom stereocenters. The molecule has 0 spiro atoms. The lowest BCUT2D eigenvalue weighted by atomic mass is 10.0. The highest BCUT2D eigenvalue weighted by molar-refractivity contribution is 6.29. The van der Waals surface area contributed by atoms with E-state index in [0.29, 0.717) is 36.3 Å². The third-order valence-corrected chi connectivity index (χ3v) is 7.52. The molecule has 0 aliphatic heterocycles. The van der Waals surface area contributed by atoms with Crippen LogP contribution in [0.25, 0.3) is 5.52 Å². The van der Waals surface area contributed by atoms with Crippen LogP contribution in [0.3, 0.4) is 0 Å². The van der Waals surface area contributed by atoms with Crippen molar-refractivity contribution in [3.8, 4) is 11.5 Å². The summed E-state index contributed by atoms with van der Waals surface area (Å²) >= 11 is 0. The normalized spacial score (nSPS) is 11.1. The van der Waals surface area contributed by atoms with Gasteiger partial charge in [-0.15, -0.1) is 0 Å². The SMILES string of the molecule is CCCCc1c(OC(=O)C(=O)O)c2cc(C(=O)OCC)ccn2c1C(=O)c1ccc(OCCCN(CCCC)CCCC)cc1. The van der Waals surface area contributed by atoms with Crippen molar-refractivity contribution < 1.29 is 38.5 Å². The number of pyridine rings is 1. The number of aliphatic carboxylic acids is 1. The van der Waals surface area contributed by atoms with Crippen molar-refractivity contribution in [1.29, 1.82) is 0 Å². The van der Waals surface area contributed by atoms with Crippen molar-refractivity contribution in [2.75, 3.05) is 32.8 Å². The minimum Gasteiger partial charge on any atom is -0.494 e. The zero-order valence-electron chi connectivity index (χ0n) is 26.9. The average Bonchev–Trinajstić information content (AvgIpc) is 3.34. The van der Waals surface area contributed by atoms with Crippen molar-refractivity contribution in [2.24, 2.45) is 0 Å². The number of fused-ring (bicyclic) bond motifs is 1. The molecule has 3 aromatic rings. The number of ether oxygens (including phenoxy) is 3. The number of esters is 2. The fourth-order valence-corrected chi connectivity index (χ4v) is 5.12. The van der Waals surface area contributed by atoms with Crippen LogP contribution in [-0.4, -0.2) is 70.9 Å². The van der Waals surface area contributed by atoms with Crippen LogP contribution in [0.4, 0.5) is 0 Å². The van der Waals surface area contributed by atoms with Crippen molar-refractivity contribution >= 4 is 29.2 Å². The number of ketones is 1. The zero-order chi connectivity index (χ0) is 32.8. The van der Waals surface area contributed by atoms with Gasteiger partial charge in [-0.25, -0.2) is 14.4 Å². The minimum atomic E-state index is -1.77. The monoisotopic (exact) mass is 622 g/mol. The first-order chi connectivity index (χ1) is 21.7. The molecule has 0 radical (unpaired) electrons. The summed E-state index contributed by atoms with van der Waals surface area (Å²) in [6.07, 6.45) is 8.94. The van der Waals surface area contributed by atoms with Gasteiger partial charge in [-0.05, 0) is 88.5 Å². The molecule has 10 heteroatoms. The Morgan fingerprint density at radius 2 is 1.47 bits per heavy atom. The molecule has 45 heavy (non-hydrogen) atoms. The molecule has 0 bridgehead atoms. The molecule has 0 fully saturated rings. The van der Waals surface area contributed by atoms with Gasteiger partial charge in [0.2, 0.25) is 5.78 Å². The molecule has 0 saturated heterocycles. The zero-order valence-corrected chi connectivity index (χ0v) is 26.9. The van der Waals surface area contributed by atoms with E-state index in [9.17, 15) is 24.3 Å². The first kappa shape index (κ1) is 35.3.